The van der Waals surface area contributed by atoms with Crippen molar-refractivity contribution in [2.75, 3.05) is 5.32 Å². The second-order valence-corrected chi connectivity index (χ2v) is 6.36. The summed E-state index contributed by atoms with van der Waals surface area (Å²) in [6, 6.07) is -0.656. The van der Waals surface area contributed by atoms with E-state index < -0.39 is 12.0 Å². The largest absolute Gasteiger partial charge is 0.480 e. The Kier molecular flexibility index (Phi) is 4.63. The lowest BCUT2D eigenvalue weighted by Gasteiger charge is -2.20. The van der Waals surface area contributed by atoms with E-state index in [-0.39, 0.29) is 5.54 Å². The third kappa shape index (κ3) is 3.35. The van der Waals surface area contributed by atoms with Crippen LogP contribution in [0.2, 0.25) is 0 Å². The van der Waals surface area contributed by atoms with Crippen molar-refractivity contribution >= 4 is 22.8 Å². The Hall–Kier alpha value is -2.18. The molecule has 0 aliphatic heterocycles. The predicted molar refractivity (Wildman–Crippen MR) is 84.9 cm³/mol. The number of carboxylic acid groups (broad SMARTS) is 1. The van der Waals surface area contributed by atoms with Crippen LogP contribution in [0.15, 0.2) is 12.5 Å². The van der Waals surface area contributed by atoms with Crippen molar-refractivity contribution in [3.05, 3.63) is 12.5 Å². The number of fused-ring (bicyclic) bond motifs is 1. The van der Waals surface area contributed by atoms with Crippen LogP contribution in [0.4, 0.5) is 5.82 Å². The van der Waals surface area contributed by atoms with Crippen LogP contribution in [-0.2, 0) is 10.3 Å². The normalized spacial score (nSPS) is 13.3. The van der Waals surface area contributed by atoms with E-state index in [1.54, 1.807) is 6.20 Å². The SMILES string of the molecule is CCCCC(Nc1ncnc2c1cnn2C(C)(C)C)C(=O)O. The molecular weight excluding hydrogens is 282 g/mol. The number of anilines is 1. The molecule has 0 saturated carbocycles. The summed E-state index contributed by atoms with van der Waals surface area (Å²) < 4.78 is 1.82. The first-order valence-corrected chi connectivity index (χ1v) is 7.53. The third-order valence-corrected chi connectivity index (χ3v) is 3.46. The summed E-state index contributed by atoms with van der Waals surface area (Å²) in [5.41, 5.74) is 0.492. The molecule has 2 aromatic rings. The molecule has 1 unspecified atom stereocenters. The number of unbranched alkanes of at least 4 members (excludes halogenated alkanes) is 1. The maximum absolute atomic E-state index is 11.4. The minimum atomic E-state index is -0.872. The number of carboxylic acids is 1. The summed E-state index contributed by atoms with van der Waals surface area (Å²) in [6.45, 7) is 8.15. The van der Waals surface area contributed by atoms with Crippen molar-refractivity contribution in [1.82, 2.24) is 19.7 Å². The molecule has 0 saturated heterocycles. The van der Waals surface area contributed by atoms with Gasteiger partial charge in [0.05, 0.1) is 17.1 Å². The summed E-state index contributed by atoms with van der Waals surface area (Å²) in [5, 5.41) is 17.5. The van der Waals surface area contributed by atoms with Crippen molar-refractivity contribution in [3.8, 4) is 0 Å². The standard InChI is InChI=1S/C15H23N5O2/c1-5-6-7-11(14(21)22)19-12-10-8-18-20(15(2,3)4)13(10)17-9-16-12/h8-9,11H,5-7H2,1-4H3,(H,21,22)(H,16,17,19). The van der Waals surface area contributed by atoms with Crippen LogP contribution in [0.1, 0.15) is 47.0 Å². The van der Waals surface area contributed by atoms with E-state index in [9.17, 15) is 9.90 Å². The second kappa shape index (κ2) is 6.29. The van der Waals surface area contributed by atoms with Crippen LogP contribution in [-0.4, -0.2) is 36.9 Å². The Morgan fingerprint density at radius 1 is 1.41 bits per heavy atom. The van der Waals surface area contributed by atoms with Gasteiger partial charge in [-0.3, -0.25) is 0 Å². The molecule has 0 radical (unpaired) electrons. The highest BCUT2D eigenvalue weighted by Crippen LogP contribution is 2.24. The van der Waals surface area contributed by atoms with Gasteiger partial charge in [0, 0.05) is 0 Å². The lowest BCUT2D eigenvalue weighted by molar-refractivity contribution is -0.138. The Balaban J connectivity index is 2.35. The molecule has 0 aromatic carbocycles. The monoisotopic (exact) mass is 305 g/mol. The fourth-order valence-corrected chi connectivity index (χ4v) is 2.28. The number of carbonyl (C=O) groups is 1. The van der Waals surface area contributed by atoms with Gasteiger partial charge in [-0.05, 0) is 27.2 Å². The van der Waals surface area contributed by atoms with E-state index in [2.05, 4.69) is 20.4 Å². The zero-order valence-corrected chi connectivity index (χ0v) is 13.5. The molecule has 2 aromatic heterocycles. The lowest BCUT2D eigenvalue weighted by atomic mass is 10.1. The molecular formula is C15H23N5O2. The number of aliphatic carboxylic acids is 1. The molecule has 0 bridgehead atoms. The van der Waals surface area contributed by atoms with Gasteiger partial charge in [0.2, 0.25) is 0 Å². The van der Waals surface area contributed by atoms with E-state index in [0.29, 0.717) is 17.9 Å². The molecule has 0 spiro atoms. The average Bonchev–Trinajstić information content (AvgIpc) is 2.87. The Bertz CT molecular complexity index is 659. The average molecular weight is 305 g/mol. The number of hydrogen-bond acceptors (Lipinski definition) is 5. The number of nitrogens with one attached hydrogen (secondary N) is 1. The lowest BCUT2D eigenvalue weighted by Crippen LogP contribution is -2.29. The first kappa shape index (κ1) is 16.2. The number of hydrogen-bond donors (Lipinski definition) is 2. The minimum absolute atomic E-state index is 0.207. The van der Waals surface area contributed by atoms with E-state index in [1.807, 2.05) is 32.4 Å². The maximum atomic E-state index is 11.4. The fourth-order valence-electron chi connectivity index (χ4n) is 2.28. The van der Waals surface area contributed by atoms with E-state index in [1.165, 1.54) is 6.33 Å². The van der Waals surface area contributed by atoms with Gasteiger partial charge < -0.3 is 10.4 Å². The highest BCUT2D eigenvalue weighted by molar-refractivity contribution is 5.88. The van der Waals surface area contributed by atoms with Gasteiger partial charge in [0.15, 0.2) is 5.65 Å². The quantitative estimate of drug-likeness (QED) is 0.852. The zero-order valence-electron chi connectivity index (χ0n) is 13.5. The summed E-state index contributed by atoms with van der Waals surface area (Å²) in [6.07, 6.45) is 5.48. The van der Waals surface area contributed by atoms with Gasteiger partial charge in [0.25, 0.3) is 0 Å². The van der Waals surface area contributed by atoms with Gasteiger partial charge in [-0.15, -0.1) is 0 Å². The van der Waals surface area contributed by atoms with Gasteiger partial charge >= 0.3 is 5.97 Å². The van der Waals surface area contributed by atoms with Crippen LogP contribution in [0, 0.1) is 0 Å². The molecule has 22 heavy (non-hydrogen) atoms. The number of nitrogens with zero attached hydrogens (tertiary/aromatic N) is 4. The maximum Gasteiger partial charge on any atom is 0.326 e. The molecule has 0 aliphatic carbocycles. The molecule has 7 nitrogen and oxygen atoms in total. The first-order chi connectivity index (χ1) is 10.3. The Labute approximate surface area is 129 Å². The molecule has 120 valence electrons. The highest BCUT2D eigenvalue weighted by Gasteiger charge is 2.22. The predicted octanol–water partition coefficient (Wildman–Crippen LogP) is 2.64. The summed E-state index contributed by atoms with van der Waals surface area (Å²) in [7, 11) is 0. The number of rotatable bonds is 6. The van der Waals surface area contributed by atoms with Gasteiger partial charge in [-0.2, -0.15) is 5.10 Å². The smallest absolute Gasteiger partial charge is 0.326 e. The van der Waals surface area contributed by atoms with Crippen molar-refractivity contribution in [2.24, 2.45) is 0 Å². The van der Waals surface area contributed by atoms with Gasteiger partial charge in [-0.1, -0.05) is 19.8 Å². The Morgan fingerprint density at radius 2 is 2.14 bits per heavy atom. The molecule has 2 heterocycles. The fraction of sp³-hybridized carbons (Fsp3) is 0.600. The molecule has 0 aliphatic rings. The van der Waals surface area contributed by atoms with Crippen molar-refractivity contribution in [1.29, 1.82) is 0 Å². The Morgan fingerprint density at radius 3 is 2.73 bits per heavy atom. The number of aromatic nitrogens is 4. The topological polar surface area (TPSA) is 92.9 Å². The second-order valence-electron chi connectivity index (χ2n) is 6.36. The van der Waals surface area contributed by atoms with Gasteiger partial charge in [0.1, 0.15) is 18.2 Å². The molecule has 2 rings (SSSR count). The highest BCUT2D eigenvalue weighted by atomic mass is 16.4. The van der Waals surface area contributed by atoms with Crippen LogP contribution < -0.4 is 5.32 Å². The van der Waals surface area contributed by atoms with E-state index in [0.717, 1.165) is 18.2 Å². The zero-order chi connectivity index (χ0) is 16.3. The van der Waals surface area contributed by atoms with Crippen molar-refractivity contribution < 1.29 is 9.90 Å². The summed E-state index contributed by atoms with van der Waals surface area (Å²) >= 11 is 0. The van der Waals surface area contributed by atoms with E-state index in [4.69, 9.17) is 0 Å². The summed E-state index contributed by atoms with van der Waals surface area (Å²) in [5.74, 6) is -0.354. The summed E-state index contributed by atoms with van der Waals surface area (Å²) in [4.78, 5) is 19.9. The molecule has 1 atom stereocenters. The van der Waals surface area contributed by atoms with Crippen LogP contribution in [0.3, 0.4) is 0 Å². The molecule has 2 N–H and O–H groups in total. The molecule has 0 fully saturated rings. The van der Waals surface area contributed by atoms with E-state index >= 15 is 0 Å². The molecule has 0 amide bonds. The van der Waals surface area contributed by atoms with Gasteiger partial charge in [-0.25, -0.2) is 19.4 Å². The molecule has 7 heteroatoms. The first-order valence-electron chi connectivity index (χ1n) is 7.53. The minimum Gasteiger partial charge on any atom is -0.480 e. The van der Waals surface area contributed by atoms with Crippen LogP contribution >= 0.6 is 0 Å². The van der Waals surface area contributed by atoms with Crippen LogP contribution in [0.5, 0.6) is 0 Å². The van der Waals surface area contributed by atoms with Crippen LogP contribution in [0.25, 0.3) is 11.0 Å². The third-order valence-electron chi connectivity index (χ3n) is 3.46. The van der Waals surface area contributed by atoms with Crippen molar-refractivity contribution in [3.63, 3.8) is 0 Å². The van der Waals surface area contributed by atoms with Crippen molar-refractivity contribution in [2.45, 2.75) is 58.5 Å².